The zero-order chi connectivity index (χ0) is 13.8. The number of halogens is 2. The molecule has 1 aromatic heterocycles. The maximum absolute atomic E-state index is 8.93. The molecule has 0 unspecified atom stereocenters. The summed E-state index contributed by atoms with van der Waals surface area (Å²) in [7, 11) is 1.59. The second kappa shape index (κ2) is 5.91. The average molecular weight is 339 g/mol. The van der Waals surface area contributed by atoms with Crippen LogP contribution in [0.15, 0.2) is 34.9 Å². The Kier molecular flexibility index (Phi) is 4.25. The van der Waals surface area contributed by atoms with E-state index < -0.39 is 0 Å². The van der Waals surface area contributed by atoms with Gasteiger partial charge in [0, 0.05) is 16.7 Å². The number of hydrogen-bond donors (Lipinski definition) is 1. The number of nitriles is 1. The third-order valence-electron chi connectivity index (χ3n) is 2.44. The smallest absolute Gasteiger partial charge is 0.150 e. The predicted octanol–water partition coefficient (Wildman–Crippen LogP) is 4.12. The zero-order valence-electron chi connectivity index (χ0n) is 9.95. The van der Waals surface area contributed by atoms with Crippen LogP contribution in [0, 0.1) is 11.3 Å². The van der Waals surface area contributed by atoms with Crippen molar-refractivity contribution < 1.29 is 4.74 Å². The van der Waals surface area contributed by atoms with Crippen LogP contribution in [0.25, 0.3) is 0 Å². The van der Waals surface area contributed by atoms with Gasteiger partial charge in [0.05, 0.1) is 18.4 Å². The summed E-state index contributed by atoms with van der Waals surface area (Å²) in [5, 5.41) is 12.3. The normalized spacial score (nSPS) is 9.79. The summed E-state index contributed by atoms with van der Waals surface area (Å²) in [6.07, 6.45) is 1.53. The number of anilines is 2. The Bertz CT molecular complexity index is 655. The number of hydrogen-bond acceptors (Lipinski definition) is 4. The van der Waals surface area contributed by atoms with Crippen molar-refractivity contribution in [1.82, 2.24) is 4.98 Å². The molecule has 1 heterocycles. The lowest BCUT2D eigenvalue weighted by molar-refractivity contribution is 0.415. The lowest BCUT2D eigenvalue weighted by atomic mass is 10.2. The standard InChI is InChI=1S/C13H9BrClN3O/c1-19-9-2-3-10(14)11(6-9)18-13-12(15)8(7-16)4-5-17-13/h2-6H,1H3,(H,17,18). The van der Waals surface area contributed by atoms with Crippen molar-refractivity contribution in [2.45, 2.75) is 0 Å². The molecule has 1 N–H and O–H groups in total. The van der Waals surface area contributed by atoms with Gasteiger partial charge in [0.2, 0.25) is 0 Å². The van der Waals surface area contributed by atoms with Crippen molar-refractivity contribution in [2.75, 3.05) is 12.4 Å². The molecule has 0 amide bonds. The summed E-state index contributed by atoms with van der Waals surface area (Å²) in [4.78, 5) is 4.12. The summed E-state index contributed by atoms with van der Waals surface area (Å²) < 4.78 is 6.00. The van der Waals surface area contributed by atoms with Crippen LogP contribution < -0.4 is 10.1 Å². The molecule has 0 fully saturated rings. The quantitative estimate of drug-likeness (QED) is 0.914. The van der Waals surface area contributed by atoms with Crippen molar-refractivity contribution in [3.8, 4) is 11.8 Å². The first-order valence-electron chi connectivity index (χ1n) is 5.31. The van der Waals surface area contributed by atoms with Gasteiger partial charge in [-0.15, -0.1) is 0 Å². The van der Waals surface area contributed by atoms with E-state index in [-0.39, 0.29) is 0 Å². The molecule has 2 rings (SSSR count). The molecule has 6 heteroatoms. The largest absolute Gasteiger partial charge is 0.497 e. The predicted molar refractivity (Wildman–Crippen MR) is 77.9 cm³/mol. The van der Waals surface area contributed by atoms with E-state index in [1.807, 2.05) is 18.2 Å². The van der Waals surface area contributed by atoms with Crippen LogP contribution in [0.1, 0.15) is 5.56 Å². The molecule has 0 saturated carbocycles. The van der Waals surface area contributed by atoms with Gasteiger partial charge < -0.3 is 10.1 Å². The SMILES string of the molecule is COc1ccc(Br)c(Nc2nccc(C#N)c2Cl)c1. The van der Waals surface area contributed by atoms with Crippen LogP contribution >= 0.6 is 27.5 Å². The molecule has 1 aromatic carbocycles. The Morgan fingerprint density at radius 3 is 2.89 bits per heavy atom. The van der Waals surface area contributed by atoms with Gasteiger partial charge in [-0.2, -0.15) is 5.26 Å². The van der Waals surface area contributed by atoms with E-state index in [4.69, 9.17) is 21.6 Å². The maximum Gasteiger partial charge on any atom is 0.150 e. The minimum atomic E-state index is 0.291. The number of pyridine rings is 1. The molecule has 0 spiro atoms. The summed E-state index contributed by atoms with van der Waals surface area (Å²) >= 11 is 9.51. The van der Waals surface area contributed by atoms with Gasteiger partial charge >= 0.3 is 0 Å². The molecule has 4 nitrogen and oxygen atoms in total. The second-order valence-electron chi connectivity index (χ2n) is 3.60. The fourth-order valence-corrected chi connectivity index (χ4v) is 2.02. The van der Waals surface area contributed by atoms with Crippen LogP contribution in [0.2, 0.25) is 5.02 Å². The van der Waals surface area contributed by atoms with Crippen molar-refractivity contribution in [3.05, 3.63) is 45.5 Å². The van der Waals surface area contributed by atoms with Gasteiger partial charge in [0.15, 0.2) is 5.82 Å². The second-order valence-corrected chi connectivity index (χ2v) is 4.84. The molecule has 0 aliphatic heterocycles. The number of aromatic nitrogens is 1. The van der Waals surface area contributed by atoms with E-state index in [1.54, 1.807) is 19.2 Å². The number of methoxy groups -OCH3 is 1. The highest BCUT2D eigenvalue weighted by Gasteiger charge is 2.09. The van der Waals surface area contributed by atoms with E-state index in [1.165, 1.54) is 6.20 Å². The number of nitrogens with zero attached hydrogens (tertiary/aromatic N) is 2. The first kappa shape index (κ1) is 13.7. The van der Waals surface area contributed by atoms with Crippen LogP contribution in [0.5, 0.6) is 5.75 Å². The Morgan fingerprint density at radius 2 is 2.21 bits per heavy atom. The minimum Gasteiger partial charge on any atom is -0.497 e. The topological polar surface area (TPSA) is 57.9 Å². The van der Waals surface area contributed by atoms with E-state index in [0.29, 0.717) is 22.2 Å². The molecule has 96 valence electrons. The Morgan fingerprint density at radius 1 is 1.42 bits per heavy atom. The van der Waals surface area contributed by atoms with Crippen molar-refractivity contribution in [2.24, 2.45) is 0 Å². The summed E-state index contributed by atoms with van der Waals surface area (Å²) in [5.41, 5.74) is 1.13. The number of nitrogens with one attached hydrogen (secondary N) is 1. The summed E-state index contributed by atoms with van der Waals surface area (Å²) in [6.45, 7) is 0. The fourth-order valence-electron chi connectivity index (χ4n) is 1.47. The molecule has 0 atom stereocenters. The molecular weight excluding hydrogens is 330 g/mol. The van der Waals surface area contributed by atoms with Gasteiger partial charge in [0.1, 0.15) is 16.8 Å². The third kappa shape index (κ3) is 2.98. The Balaban J connectivity index is 2.39. The molecule has 19 heavy (non-hydrogen) atoms. The van der Waals surface area contributed by atoms with E-state index >= 15 is 0 Å². The van der Waals surface area contributed by atoms with Crippen LogP contribution in [-0.2, 0) is 0 Å². The van der Waals surface area contributed by atoms with Gasteiger partial charge in [-0.3, -0.25) is 0 Å². The minimum absolute atomic E-state index is 0.291. The number of benzene rings is 1. The summed E-state index contributed by atoms with van der Waals surface area (Å²) in [5.74, 6) is 1.13. The van der Waals surface area contributed by atoms with Crippen molar-refractivity contribution in [1.29, 1.82) is 5.26 Å². The van der Waals surface area contributed by atoms with Gasteiger partial charge in [-0.05, 0) is 34.1 Å². The van der Waals surface area contributed by atoms with E-state index in [2.05, 4.69) is 26.2 Å². The van der Waals surface area contributed by atoms with Crippen LogP contribution in [0.4, 0.5) is 11.5 Å². The van der Waals surface area contributed by atoms with Crippen molar-refractivity contribution >= 4 is 39.0 Å². The number of ether oxygens (including phenoxy) is 1. The fraction of sp³-hybridized carbons (Fsp3) is 0.0769. The van der Waals surface area contributed by atoms with Gasteiger partial charge in [-0.25, -0.2) is 4.98 Å². The third-order valence-corrected chi connectivity index (χ3v) is 3.51. The highest BCUT2D eigenvalue weighted by Crippen LogP contribution is 2.32. The zero-order valence-corrected chi connectivity index (χ0v) is 12.3. The van der Waals surface area contributed by atoms with Crippen molar-refractivity contribution in [3.63, 3.8) is 0 Å². The maximum atomic E-state index is 8.93. The Hall–Kier alpha value is -1.77. The summed E-state index contributed by atoms with van der Waals surface area (Å²) in [6, 6.07) is 9.06. The molecular formula is C13H9BrClN3O. The Labute approximate surface area is 124 Å². The van der Waals surface area contributed by atoms with E-state index in [0.717, 1.165) is 10.2 Å². The average Bonchev–Trinajstić information content (AvgIpc) is 2.43. The lowest BCUT2D eigenvalue weighted by Gasteiger charge is -2.11. The van der Waals surface area contributed by atoms with Gasteiger partial charge in [-0.1, -0.05) is 11.6 Å². The highest BCUT2D eigenvalue weighted by molar-refractivity contribution is 9.10. The molecule has 2 aromatic rings. The molecule has 0 radical (unpaired) electrons. The van der Waals surface area contributed by atoms with Crippen LogP contribution in [0.3, 0.4) is 0 Å². The molecule has 0 aliphatic carbocycles. The van der Waals surface area contributed by atoms with Gasteiger partial charge in [0.25, 0.3) is 0 Å². The molecule has 0 bridgehead atoms. The first-order chi connectivity index (χ1) is 9.15. The first-order valence-corrected chi connectivity index (χ1v) is 6.48. The van der Waals surface area contributed by atoms with Crippen LogP contribution in [-0.4, -0.2) is 12.1 Å². The van der Waals surface area contributed by atoms with E-state index in [9.17, 15) is 0 Å². The monoisotopic (exact) mass is 337 g/mol. The lowest BCUT2D eigenvalue weighted by Crippen LogP contribution is -1.97. The molecule has 0 aliphatic rings. The molecule has 0 saturated heterocycles. The number of rotatable bonds is 3. The highest BCUT2D eigenvalue weighted by atomic mass is 79.9.